The zero-order valence-corrected chi connectivity index (χ0v) is 21.8. The maximum absolute atomic E-state index is 13.6. The first-order chi connectivity index (χ1) is 17.8. The third-order valence-electron chi connectivity index (χ3n) is 7.18. The number of para-hydroxylation sites is 1. The van der Waals surface area contributed by atoms with Crippen LogP contribution in [0.25, 0.3) is 0 Å². The third kappa shape index (κ3) is 4.91. The van der Waals surface area contributed by atoms with Gasteiger partial charge < -0.3 is 9.64 Å². The van der Waals surface area contributed by atoms with Gasteiger partial charge in [0.15, 0.2) is 6.61 Å². The molecule has 5 rings (SSSR count). The normalized spacial score (nSPS) is 19.2. The summed E-state index contributed by atoms with van der Waals surface area (Å²) in [6.07, 6.45) is 1.12. The maximum atomic E-state index is 13.6. The van der Waals surface area contributed by atoms with Crippen molar-refractivity contribution in [2.24, 2.45) is 0 Å². The molecule has 0 aliphatic carbocycles. The van der Waals surface area contributed by atoms with Gasteiger partial charge in [-0.05, 0) is 61.6 Å². The quantitative estimate of drug-likeness (QED) is 0.457. The highest BCUT2D eigenvalue weighted by molar-refractivity contribution is 7.89. The van der Waals surface area contributed by atoms with E-state index in [1.807, 2.05) is 62.4 Å². The average molecular weight is 519 g/mol. The summed E-state index contributed by atoms with van der Waals surface area (Å²) < 4.78 is 34.0. The Bertz CT molecular complexity index is 1430. The van der Waals surface area contributed by atoms with Crippen LogP contribution in [0, 0.1) is 6.92 Å². The van der Waals surface area contributed by atoms with Crippen molar-refractivity contribution in [2.75, 3.05) is 18.1 Å². The molecule has 0 radical (unpaired) electrons. The molecule has 2 aliphatic heterocycles. The van der Waals surface area contributed by atoms with Crippen molar-refractivity contribution in [1.82, 2.24) is 4.31 Å². The number of benzene rings is 3. The summed E-state index contributed by atoms with van der Waals surface area (Å²) in [5.74, 6) is -0.904. The lowest BCUT2D eigenvalue weighted by atomic mass is 9.92. The minimum atomic E-state index is -3.85. The molecule has 0 saturated heterocycles. The highest BCUT2D eigenvalue weighted by Crippen LogP contribution is 2.37. The molecule has 3 aromatic rings. The molecular formula is C29H30N2O5S. The van der Waals surface area contributed by atoms with Crippen molar-refractivity contribution >= 4 is 27.6 Å². The molecule has 0 bridgehead atoms. The summed E-state index contributed by atoms with van der Waals surface area (Å²) in [7, 11) is -3.85. The van der Waals surface area contributed by atoms with E-state index < -0.39 is 28.6 Å². The molecule has 0 N–H and O–H groups in total. The Morgan fingerprint density at radius 3 is 2.38 bits per heavy atom. The molecule has 0 spiro atoms. The zero-order chi connectivity index (χ0) is 26.2. The first-order valence-electron chi connectivity index (χ1n) is 12.5. The summed E-state index contributed by atoms with van der Waals surface area (Å²) in [5, 5.41) is 0. The van der Waals surface area contributed by atoms with Crippen molar-refractivity contribution in [3.05, 3.63) is 95.1 Å². The van der Waals surface area contributed by atoms with Crippen LogP contribution in [0.15, 0.2) is 77.7 Å². The molecule has 192 valence electrons. The third-order valence-corrected chi connectivity index (χ3v) is 9.11. The van der Waals surface area contributed by atoms with Crippen LogP contribution in [0.2, 0.25) is 0 Å². The molecule has 2 atom stereocenters. The van der Waals surface area contributed by atoms with Gasteiger partial charge in [0, 0.05) is 18.3 Å². The highest BCUT2D eigenvalue weighted by Gasteiger charge is 2.38. The SMILES string of the molecule is Cc1ccc(S(=O)(=O)N2CCc3ccccc3[C@@H]2CC(=O)OCC(=O)N2c3ccccc3C[C@@H]2C)cc1. The van der Waals surface area contributed by atoms with E-state index in [1.165, 1.54) is 4.31 Å². The minimum absolute atomic E-state index is 0.0241. The molecule has 0 aromatic heterocycles. The number of hydrogen-bond donors (Lipinski definition) is 0. The average Bonchev–Trinajstić information content (AvgIpc) is 3.23. The number of rotatable bonds is 6. The number of carbonyl (C=O) groups is 2. The van der Waals surface area contributed by atoms with Gasteiger partial charge in [0.1, 0.15) is 0 Å². The lowest BCUT2D eigenvalue weighted by molar-refractivity contribution is -0.148. The number of ether oxygens (including phenoxy) is 1. The molecule has 0 unspecified atom stereocenters. The van der Waals surface area contributed by atoms with E-state index in [2.05, 4.69) is 0 Å². The van der Waals surface area contributed by atoms with Crippen molar-refractivity contribution < 1.29 is 22.7 Å². The zero-order valence-electron chi connectivity index (χ0n) is 21.0. The van der Waals surface area contributed by atoms with Crippen LogP contribution in [0.4, 0.5) is 5.69 Å². The second-order valence-electron chi connectivity index (χ2n) is 9.70. The van der Waals surface area contributed by atoms with Crippen molar-refractivity contribution in [2.45, 2.75) is 50.1 Å². The van der Waals surface area contributed by atoms with Gasteiger partial charge in [0.25, 0.3) is 5.91 Å². The topological polar surface area (TPSA) is 84.0 Å². The number of anilines is 1. The molecule has 2 aliphatic rings. The fourth-order valence-corrected chi connectivity index (χ4v) is 6.95. The number of hydrogen-bond acceptors (Lipinski definition) is 5. The second kappa shape index (κ2) is 10.1. The first kappa shape index (κ1) is 25.2. The van der Waals surface area contributed by atoms with Crippen LogP contribution in [-0.2, 0) is 37.2 Å². The Morgan fingerprint density at radius 2 is 1.62 bits per heavy atom. The smallest absolute Gasteiger partial charge is 0.308 e. The summed E-state index contributed by atoms with van der Waals surface area (Å²) in [6, 6.07) is 21.2. The molecule has 8 heteroatoms. The largest absolute Gasteiger partial charge is 0.455 e. The van der Waals surface area contributed by atoms with Gasteiger partial charge in [0.2, 0.25) is 10.0 Å². The van der Waals surface area contributed by atoms with Gasteiger partial charge in [-0.25, -0.2) is 8.42 Å². The summed E-state index contributed by atoms with van der Waals surface area (Å²) in [6.45, 7) is 3.73. The number of fused-ring (bicyclic) bond motifs is 2. The maximum Gasteiger partial charge on any atom is 0.308 e. The van der Waals surface area contributed by atoms with Crippen LogP contribution in [0.1, 0.15) is 41.6 Å². The van der Waals surface area contributed by atoms with Crippen molar-refractivity contribution in [1.29, 1.82) is 0 Å². The number of aryl methyl sites for hydroxylation is 1. The lowest BCUT2D eigenvalue weighted by Crippen LogP contribution is -2.42. The van der Waals surface area contributed by atoms with Gasteiger partial charge in [-0.2, -0.15) is 4.31 Å². The minimum Gasteiger partial charge on any atom is -0.455 e. The fourth-order valence-electron chi connectivity index (χ4n) is 5.35. The molecule has 37 heavy (non-hydrogen) atoms. The van der Waals surface area contributed by atoms with Crippen LogP contribution in [0.5, 0.6) is 0 Å². The van der Waals surface area contributed by atoms with E-state index in [0.29, 0.717) is 6.42 Å². The number of carbonyl (C=O) groups excluding carboxylic acids is 2. The second-order valence-corrected chi connectivity index (χ2v) is 11.6. The Balaban J connectivity index is 1.34. The first-order valence-corrected chi connectivity index (χ1v) is 13.9. The van der Waals surface area contributed by atoms with Gasteiger partial charge in [-0.1, -0.05) is 60.2 Å². The molecule has 7 nitrogen and oxygen atoms in total. The lowest BCUT2D eigenvalue weighted by Gasteiger charge is -2.36. The molecule has 3 aromatic carbocycles. The van der Waals surface area contributed by atoms with Crippen LogP contribution in [-0.4, -0.2) is 43.8 Å². The van der Waals surface area contributed by atoms with E-state index in [-0.39, 0.29) is 29.8 Å². The van der Waals surface area contributed by atoms with Gasteiger partial charge in [0.05, 0.1) is 17.4 Å². The number of esters is 1. The molecule has 0 fully saturated rings. The van der Waals surface area contributed by atoms with Crippen LogP contribution >= 0.6 is 0 Å². The Morgan fingerprint density at radius 1 is 0.946 bits per heavy atom. The van der Waals surface area contributed by atoms with E-state index in [4.69, 9.17) is 4.74 Å². The summed E-state index contributed by atoms with van der Waals surface area (Å²) in [5.41, 5.74) is 4.68. The standard InChI is InChI=1S/C29H30N2O5S/c1-20-11-13-24(14-12-20)37(34,35)30-16-15-22-7-3-5-9-25(22)27(30)18-29(33)36-19-28(32)31-21(2)17-23-8-4-6-10-26(23)31/h3-14,21,27H,15-19H2,1-2H3/t21-,27-/m0/s1. The van der Waals surface area contributed by atoms with E-state index >= 15 is 0 Å². The Kier molecular flexibility index (Phi) is 6.88. The number of amides is 1. The summed E-state index contributed by atoms with van der Waals surface area (Å²) >= 11 is 0. The van der Waals surface area contributed by atoms with Gasteiger partial charge in [-0.15, -0.1) is 0 Å². The van der Waals surface area contributed by atoms with E-state index in [0.717, 1.165) is 34.4 Å². The predicted octanol–water partition coefficient (Wildman–Crippen LogP) is 4.19. The predicted molar refractivity (Wildman–Crippen MR) is 141 cm³/mol. The summed E-state index contributed by atoms with van der Waals surface area (Å²) in [4.78, 5) is 27.9. The van der Waals surface area contributed by atoms with Crippen molar-refractivity contribution in [3.8, 4) is 0 Å². The van der Waals surface area contributed by atoms with Gasteiger partial charge in [-0.3, -0.25) is 9.59 Å². The van der Waals surface area contributed by atoms with E-state index in [9.17, 15) is 18.0 Å². The monoisotopic (exact) mass is 518 g/mol. The number of sulfonamides is 1. The van der Waals surface area contributed by atoms with Gasteiger partial charge >= 0.3 is 5.97 Å². The molecule has 2 heterocycles. The number of nitrogens with zero attached hydrogens (tertiary/aromatic N) is 2. The molecular weight excluding hydrogens is 488 g/mol. The highest BCUT2D eigenvalue weighted by atomic mass is 32.2. The van der Waals surface area contributed by atoms with Crippen LogP contribution in [0.3, 0.4) is 0 Å². The Hall–Kier alpha value is -3.49. The Labute approximate surface area is 217 Å². The fraction of sp³-hybridized carbons (Fsp3) is 0.310. The molecule has 1 amide bonds. The van der Waals surface area contributed by atoms with Crippen molar-refractivity contribution in [3.63, 3.8) is 0 Å². The van der Waals surface area contributed by atoms with E-state index in [1.54, 1.807) is 29.2 Å². The van der Waals surface area contributed by atoms with Crippen LogP contribution < -0.4 is 4.90 Å². The molecule has 0 saturated carbocycles.